The van der Waals surface area contributed by atoms with E-state index in [2.05, 4.69) is 27.0 Å². The van der Waals surface area contributed by atoms with E-state index in [1.807, 2.05) is 48.5 Å². The van der Waals surface area contributed by atoms with Crippen molar-refractivity contribution in [2.75, 3.05) is 11.9 Å². The Morgan fingerprint density at radius 2 is 1.90 bits per heavy atom. The van der Waals surface area contributed by atoms with Crippen LogP contribution in [0, 0.1) is 0 Å². The van der Waals surface area contributed by atoms with Gasteiger partial charge in [-0.05, 0) is 55.2 Å². The number of carbonyl (C=O) groups excluding carboxylic acids is 1. The third-order valence-corrected chi connectivity index (χ3v) is 5.25. The van der Waals surface area contributed by atoms with Gasteiger partial charge in [0.2, 0.25) is 0 Å². The maximum Gasteiger partial charge on any atom is 0.262 e. The first-order valence-corrected chi connectivity index (χ1v) is 10.3. The molecular weight excluding hydrogens is 364 g/mol. The first-order valence-electron chi connectivity index (χ1n) is 10.3. The lowest BCUT2D eigenvalue weighted by atomic mass is 10.1. The third-order valence-electron chi connectivity index (χ3n) is 5.25. The molecule has 0 spiro atoms. The van der Waals surface area contributed by atoms with Crippen molar-refractivity contribution in [3.63, 3.8) is 0 Å². The molecule has 29 heavy (non-hydrogen) atoms. The number of hydrogen-bond acceptors (Lipinski definition) is 4. The molecule has 0 saturated heterocycles. The molecule has 0 radical (unpaired) electrons. The highest BCUT2D eigenvalue weighted by Gasteiger charge is 2.16. The van der Waals surface area contributed by atoms with Crippen molar-refractivity contribution in [1.29, 1.82) is 0 Å². The lowest BCUT2D eigenvalue weighted by Crippen LogP contribution is -2.20. The molecule has 0 unspecified atom stereocenters. The van der Waals surface area contributed by atoms with Gasteiger partial charge in [-0.1, -0.05) is 31.5 Å². The average Bonchev–Trinajstić information content (AvgIpc) is 3.01. The first kappa shape index (κ1) is 19.2. The summed E-state index contributed by atoms with van der Waals surface area (Å²) in [6.07, 6.45) is 5.42. The molecule has 0 saturated carbocycles. The van der Waals surface area contributed by atoms with Crippen LogP contribution in [-0.2, 0) is 24.2 Å². The highest BCUT2D eigenvalue weighted by atomic mass is 16.5. The number of hydrogen-bond donors (Lipinski definition) is 1. The number of nitrogens with one attached hydrogen (secondary N) is 1. The molecule has 0 aliphatic carbocycles. The quantitative estimate of drug-likeness (QED) is 0.683. The lowest BCUT2D eigenvalue weighted by molar-refractivity contribution is -0.118. The topological polar surface area (TPSA) is 69.0 Å². The molecule has 150 valence electrons. The molecule has 0 bridgehead atoms. The zero-order valence-electron chi connectivity index (χ0n) is 16.7. The Morgan fingerprint density at radius 1 is 1.07 bits per heavy atom. The van der Waals surface area contributed by atoms with Crippen molar-refractivity contribution in [3.05, 3.63) is 59.9 Å². The van der Waals surface area contributed by atoms with Gasteiger partial charge in [0.1, 0.15) is 11.6 Å². The Labute approximate surface area is 170 Å². The number of fused-ring (bicyclic) bond motifs is 1. The molecule has 1 N–H and O–H groups in total. The first-order chi connectivity index (χ1) is 14.2. The average molecular weight is 390 g/mol. The van der Waals surface area contributed by atoms with Crippen LogP contribution >= 0.6 is 0 Å². The van der Waals surface area contributed by atoms with Crippen molar-refractivity contribution >= 4 is 11.6 Å². The molecular formula is C23H26N4O2. The SMILES string of the molecule is CCc1ccccc1OCC(=O)Nc1ccc(-c2nnc3n2CCCCC3)cc1. The highest BCUT2D eigenvalue weighted by molar-refractivity contribution is 5.92. The summed E-state index contributed by atoms with van der Waals surface area (Å²) in [5, 5.41) is 11.6. The van der Waals surface area contributed by atoms with Crippen LogP contribution in [0.1, 0.15) is 37.6 Å². The van der Waals surface area contributed by atoms with Gasteiger partial charge < -0.3 is 14.6 Å². The summed E-state index contributed by atoms with van der Waals surface area (Å²) in [5.74, 6) is 2.55. The van der Waals surface area contributed by atoms with Gasteiger partial charge in [0.15, 0.2) is 12.4 Å². The molecule has 4 rings (SSSR count). The number of para-hydroxylation sites is 1. The van der Waals surface area contributed by atoms with Crippen LogP contribution in [0.25, 0.3) is 11.4 Å². The van der Waals surface area contributed by atoms with E-state index in [9.17, 15) is 4.79 Å². The molecule has 6 heteroatoms. The van der Waals surface area contributed by atoms with Crippen LogP contribution in [0.5, 0.6) is 5.75 Å². The van der Waals surface area contributed by atoms with E-state index < -0.39 is 0 Å². The molecule has 1 aromatic heterocycles. The van der Waals surface area contributed by atoms with Gasteiger partial charge in [-0.15, -0.1) is 10.2 Å². The van der Waals surface area contributed by atoms with Gasteiger partial charge in [-0.25, -0.2) is 0 Å². The Balaban J connectivity index is 1.38. The summed E-state index contributed by atoms with van der Waals surface area (Å²) in [6.45, 7) is 3.02. The Morgan fingerprint density at radius 3 is 2.72 bits per heavy atom. The second kappa shape index (κ2) is 8.90. The van der Waals surface area contributed by atoms with Crippen LogP contribution < -0.4 is 10.1 Å². The van der Waals surface area contributed by atoms with E-state index >= 15 is 0 Å². The van der Waals surface area contributed by atoms with E-state index in [-0.39, 0.29) is 12.5 Å². The molecule has 0 atom stereocenters. The Kier molecular flexibility index (Phi) is 5.89. The summed E-state index contributed by atoms with van der Waals surface area (Å²) in [7, 11) is 0. The highest BCUT2D eigenvalue weighted by Crippen LogP contribution is 2.24. The minimum absolute atomic E-state index is 0.0174. The summed E-state index contributed by atoms with van der Waals surface area (Å²) in [4.78, 5) is 12.3. The maximum atomic E-state index is 12.3. The molecule has 1 aliphatic rings. The van der Waals surface area contributed by atoms with Crippen LogP contribution in [-0.4, -0.2) is 27.3 Å². The molecule has 2 heterocycles. The second-order valence-electron chi connectivity index (χ2n) is 7.28. The maximum absolute atomic E-state index is 12.3. The van der Waals surface area contributed by atoms with Crippen molar-refractivity contribution in [1.82, 2.24) is 14.8 Å². The monoisotopic (exact) mass is 390 g/mol. The molecule has 6 nitrogen and oxygen atoms in total. The van der Waals surface area contributed by atoms with Crippen molar-refractivity contribution < 1.29 is 9.53 Å². The van der Waals surface area contributed by atoms with Gasteiger partial charge >= 0.3 is 0 Å². The molecule has 0 fully saturated rings. The molecule has 1 aliphatic heterocycles. The van der Waals surface area contributed by atoms with E-state index in [1.165, 1.54) is 12.8 Å². The zero-order chi connectivity index (χ0) is 20.1. The van der Waals surface area contributed by atoms with E-state index in [0.29, 0.717) is 0 Å². The van der Waals surface area contributed by atoms with E-state index in [4.69, 9.17) is 4.74 Å². The minimum Gasteiger partial charge on any atom is -0.483 e. The number of amides is 1. The number of nitrogens with zero attached hydrogens (tertiary/aromatic N) is 3. The van der Waals surface area contributed by atoms with Gasteiger partial charge in [0.05, 0.1) is 0 Å². The smallest absolute Gasteiger partial charge is 0.262 e. The van der Waals surface area contributed by atoms with Gasteiger partial charge in [0, 0.05) is 24.2 Å². The van der Waals surface area contributed by atoms with Gasteiger partial charge in [0.25, 0.3) is 5.91 Å². The number of carbonyl (C=O) groups is 1. The number of ether oxygens (including phenoxy) is 1. The third kappa shape index (κ3) is 4.47. The predicted octanol–water partition coefficient (Wildman–Crippen LogP) is 4.25. The number of aryl methyl sites for hydroxylation is 2. The minimum atomic E-state index is -0.181. The van der Waals surface area contributed by atoms with E-state index in [0.717, 1.165) is 60.0 Å². The van der Waals surface area contributed by atoms with Crippen LogP contribution in [0.15, 0.2) is 48.5 Å². The van der Waals surface area contributed by atoms with Crippen LogP contribution in [0.4, 0.5) is 5.69 Å². The van der Waals surface area contributed by atoms with Crippen molar-refractivity contribution in [2.24, 2.45) is 0 Å². The standard InChI is InChI=1S/C23H26N4O2/c1-2-17-8-5-6-9-20(17)29-16-22(28)24-19-13-11-18(12-14-19)23-26-25-21-10-4-3-7-15-27(21)23/h5-6,8-9,11-14H,2-4,7,10,15-16H2,1H3,(H,24,28). The molecule has 1 amide bonds. The van der Waals surface area contributed by atoms with Crippen molar-refractivity contribution in [3.8, 4) is 17.1 Å². The van der Waals surface area contributed by atoms with Crippen LogP contribution in [0.2, 0.25) is 0 Å². The van der Waals surface area contributed by atoms with Crippen LogP contribution in [0.3, 0.4) is 0 Å². The Hall–Kier alpha value is -3.15. The fourth-order valence-corrected chi connectivity index (χ4v) is 3.68. The summed E-state index contributed by atoms with van der Waals surface area (Å²) in [6, 6.07) is 15.5. The summed E-state index contributed by atoms with van der Waals surface area (Å²) in [5.41, 5.74) is 2.84. The second-order valence-corrected chi connectivity index (χ2v) is 7.28. The van der Waals surface area contributed by atoms with Gasteiger partial charge in [-0.2, -0.15) is 0 Å². The molecule has 3 aromatic rings. The molecule has 2 aromatic carbocycles. The number of rotatable bonds is 6. The Bertz CT molecular complexity index is 979. The number of aromatic nitrogens is 3. The largest absolute Gasteiger partial charge is 0.483 e. The number of anilines is 1. The fraction of sp³-hybridized carbons (Fsp3) is 0.348. The summed E-state index contributed by atoms with van der Waals surface area (Å²) >= 11 is 0. The number of benzene rings is 2. The lowest BCUT2D eigenvalue weighted by Gasteiger charge is -2.11. The van der Waals surface area contributed by atoms with Gasteiger partial charge in [-0.3, -0.25) is 4.79 Å². The van der Waals surface area contributed by atoms with E-state index in [1.54, 1.807) is 0 Å². The zero-order valence-corrected chi connectivity index (χ0v) is 16.7. The van der Waals surface area contributed by atoms with Crippen molar-refractivity contribution in [2.45, 2.75) is 45.6 Å². The summed E-state index contributed by atoms with van der Waals surface area (Å²) < 4.78 is 7.91. The fourth-order valence-electron chi connectivity index (χ4n) is 3.68. The normalized spacial score (nSPS) is 13.4. The predicted molar refractivity (Wildman–Crippen MR) is 113 cm³/mol.